The maximum atomic E-state index is 13.9. The maximum absolute atomic E-state index is 13.9. The fourth-order valence-electron chi connectivity index (χ4n) is 3.51. The van der Waals surface area contributed by atoms with E-state index >= 15 is 0 Å². The molecule has 0 aromatic heterocycles. The number of hydrogen-bond acceptors (Lipinski definition) is 7. The molecule has 9 heteroatoms. The predicted octanol–water partition coefficient (Wildman–Crippen LogP) is 5.36. The van der Waals surface area contributed by atoms with E-state index in [4.69, 9.17) is 14.2 Å². The molecule has 3 aromatic rings. The number of cyclic esters (lactones) is 1. The van der Waals surface area contributed by atoms with Gasteiger partial charge in [0, 0.05) is 22.8 Å². The van der Waals surface area contributed by atoms with Crippen LogP contribution in [-0.4, -0.2) is 23.4 Å². The second kappa shape index (κ2) is 10.2. The largest absolute Gasteiger partial charge is 0.490 e. The van der Waals surface area contributed by atoms with E-state index in [-0.39, 0.29) is 29.7 Å². The van der Waals surface area contributed by atoms with Crippen molar-refractivity contribution in [3.8, 4) is 11.5 Å². The number of nitro benzene ring substituents is 1. The first-order valence-electron chi connectivity index (χ1n) is 10.8. The zero-order valence-corrected chi connectivity index (χ0v) is 19.0. The van der Waals surface area contributed by atoms with Gasteiger partial charge in [-0.05, 0) is 49.8 Å². The molecule has 4 rings (SSSR count). The summed E-state index contributed by atoms with van der Waals surface area (Å²) in [5.74, 6) is -0.203. The molecule has 0 bridgehead atoms. The summed E-state index contributed by atoms with van der Waals surface area (Å²) in [7, 11) is 0. The van der Waals surface area contributed by atoms with E-state index in [2.05, 4.69) is 4.99 Å². The van der Waals surface area contributed by atoms with Crippen LogP contribution in [-0.2, 0) is 16.1 Å². The fraction of sp³-hybridized carbons (Fsp3) is 0.154. The second-order valence-electron chi connectivity index (χ2n) is 7.56. The summed E-state index contributed by atoms with van der Waals surface area (Å²) in [6, 6.07) is 15.9. The molecule has 0 amide bonds. The number of nitro groups is 1. The number of halogens is 1. The molecule has 0 saturated carbocycles. The average Bonchev–Trinajstić information content (AvgIpc) is 3.19. The molecular formula is C26H21FN2O6. The van der Waals surface area contributed by atoms with Gasteiger partial charge in [0.25, 0.3) is 5.69 Å². The van der Waals surface area contributed by atoms with Crippen LogP contribution in [0.2, 0.25) is 0 Å². The molecule has 8 nitrogen and oxygen atoms in total. The van der Waals surface area contributed by atoms with E-state index in [1.165, 1.54) is 24.3 Å². The minimum Gasteiger partial charge on any atom is -0.490 e. The number of aliphatic imine (C=N–C) groups is 1. The first-order valence-corrected chi connectivity index (χ1v) is 10.8. The number of carbonyl (C=O) groups excluding carboxylic acids is 1. The number of ether oxygens (including phenoxy) is 3. The van der Waals surface area contributed by atoms with Crippen molar-refractivity contribution in [2.75, 3.05) is 6.61 Å². The van der Waals surface area contributed by atoms with Gasteiger partial charge in [0.15, 0.2) is 17.2 Å². The SMILES string of the molecule is CCOc1cc(/C=C2\N=C(c3cccc([N+](=O)[O-])c3C)OC2=O)ccc1OCc1ccccc1F. The van der Waals surface area contributed by atoms with Crippen LogP contribution in [0.1, 0.15) is 29.2 Å². The van der Waals surface area contributed by atoms with E-state index < -0.39 is 10.9 Å². The highest BCUT2D eigenvalue weighted by Crippen LogP contribution is 2.31. The minimum absolute atomic E-state index is 0.00248. The van der Waals surface area contributed by atoms with Crippen LogP contribution in [0.25, 0.3) is 6.08 Å². The number of nitrogens with zero attached hydrogens (tertiary/aromatic N) is 2. The van der Waals surface area contributed by atoms with E-state index in [9.17, 15) is 19.3 Å². The number of carbonyl (C=O) groups is 1. The highest BCUT2D eigenvalue weighted by Gasteiger charge is 2.27. The lowest BCUT2D eigenvalue weighted by molar-refractivity contribution is -0.385. The molecule has 1 aliphatic rings. The summed E-state index contributed by atoms with van der Waals surface area (Å²) < 4.78 is 30.6. The van der Waals surface area contributed by atoms with Gasteiger partial charge in [0.2, 0.25) is 5.90 Å². The molecule has 0 radical (unpaired) electrons. The van der Waals surface area contributed by atoms with Crippen LogP contribution >= 0.6 is 0 Å². The predicted molar refractivity (Wildman–Crippen MR) is 127 cm³/mol. The Bertz CT molecular complexity index is 1370. The van der Waals surface area contributed by atoms with Crippen molar-refractivity contribution in [3.05, 3.63) is 105 Å². The zero-order valence-electron chi connectivity index (χ0n) is 19.0. The van der Waals surface area contributed by atoms with Crippen molar-refractivity contribution in [2.45, 2.75) is 20.5 Å². The van der Waals surface area contributed by atoms with Crippen LogP contribution in [0.5, 0.6) is 11.5 Å². The molecule has 0 saturated heterocycles. The summed E-state index contributed by atoms with van der Waals surface area (Å²) >= 11 is 0. The third kappa shape index (κ3) is 5.19. The normalized spacial score (nSPS) is 14.0. The second-order valence-corrected chi connectivity index (χ2v) is 7.56. The number of benzene rings is 3. The molecule has 178 valence electrons. The lowest BCUT2D eigenvalue weighted by Gasteiger charge is -2.13. The summed E-state index contributed by atoms with van der Waals surface area (Å²) in [5.41, 5.74) is 1.66. The molecule has 35 heavy (non-hydrogen) atoms. The van der Waals surface area contributed by atoms with Gasteiger partial charge in [-0.2, -0.15) is 0 Å². The van der Waals surface area contributed by atoms with Gasteiger partial charge in [-0.3, -0.25) is 10.1 Å². The van der Waals surface area contributed by atoms with Gasteiger partial charge < -0.3 is 14.2 Å². The van der Waals surface area contributed by atoms with Gasteiger partial charge in [-0.15, -0.1) is 0 Å². The van der Waals surface area contributed by atoms with Gasteiger partial charge in [-0.1, -0.05) is 30.3 Å². The highest BCUT2D eigenvalue weighted by molar-refractivity contribution is 6.13. The summed E-state index contributed by atoms with van der Waals surface area (Å²) in [4.78, 5) is 27.4. The topological polar surface area (TPSA) is 100 Å². The average molecular weight is 476 g/mol. The van der Waals surface area contributed by atoms with E-state index in [1.54, 1.807) is 49.4 Å². The quantitative estimate of drug-likeness (QED) is 0.188. The van der Waals surface area contributed by atoms with E-state index in [0.29, 0.717) is 40.4 Å². The summed E-state index contributed by atoms with van der Waals surface area (Å²) in [6.45, 7) is 3.78. The molecule has 0 unspecified atom stereocenters. The van der Waals surface area contributed by atoms with Crippen LogP contribution in [0.4, 0.5) is 10.1 Å². The first kappa shape index (κ1) is 23.6. The number of esters is 1. The first-order chi connectivity index (χ1) is 16.9. The number of rotatable bonds is 8. The number of hydrogen-bond donors (Lipinski definition) is 0. The third-order valence-electron chi connectivity index (χ3n) is 5.26. The molecule has 0 atom stereocenters. The summed E-state index contributed by atoms with van der Waals surface area (Å²) in [6.07, 6.45) is 1.52. The van der Waals surface area contributed by atoms with Gasteiger partial charge in [0.05, 0.1) is 11.5 Å². The molecule has 0 spiro atoms. The van der Waals surface area contributed by atoms with E-state index in [1.807, 2.05) is 6.92 Å². The van der Waals surface area contributed by atoms with Crippen molar-refractivity contribution >= 4 is 23.6 Å². The highest BCUT2D eigenvalue weighted by atomic mass is 19.1. The Hall–Kier alpha value is -4.53. The van der Waals surface area contributed by atoms with Crippen LogP contribution in [0, 0.1) is 22.9 Å². The lowest BCUT2D eigenvalue weighted by Crippen LogP contribution is -2.08. The van der Waals surface area contributed by atoms with Crippen molar-refractivity contribution in [1.29, 1.82) is 0 Å². The van der Waals surface area contributed by atoms with Crippen LogP contribution in [0.15, 0.2) is 71.4 Å². The van der Waals surface area contributed by atoms with Crippen molar-refractivity contribution < 1.29 is 28.3 Å². The van der Waals surface area contributed by atoms with Crippen LogP contribution < -0.4 is 9.47 Å². The third-order valence-corrected chi connectivity index (χ3v) is 5.26. The Morgan fingerprint density at radius 3 is 2.63 bits per heavy atom. The molecule has 3 aromatic carbocycles. The fourth-order valence-corrected chi connectivity index (χ4v) is 3.51. The van der Waals surface area contributed by atoms with Gasteiger partial charge >= 0.3 is 5.97 Å². The van der Waals surface area contributed by atoms with E-state index in [0.717, 1.165) is 0 Å². The molecule has 0 N–H and O–H groups in total. The molecule has 0 fully saturated rings. The van der Waals surface area contributed by atoms with Crippen LogP contribution in [0.3, 0.4) is 0 Å². The molecule has 1 aliphatic heterocycles. The Kier molecular flexibility index (Phi) is 6.86. The Morgan fingerprint density at radius 2 is 1.89 bits per heavy atom. The lowest BCUT2D eigenvalue weighted by atomic mass is 10.1. The standard InChI is InChI=1S/C26H21FN2O6/c1-3-33-24-14-17(11-12-23(24)34-15-18-7-4-5-9-20(18)27)13-21-26(30)35-25(28-21)19-8-6-10-22(16(19)2)29(31)32/h4-14H,3,15H2,1-2H3/b21-13-. The minimum atomic E-state index is -0.677. The monoisotopic (exact) mass is 476 g/mol. The van der Waals surface area contributed by atoms with Crippen molar-refractivity contribution in [2.24, 2.45) is 4.99 Å². The Balaban J connectivity index is 1.60. The molecular weight excluding hydrogens is 455 g/mol. The Morgan fingerprint density at radius 1 is 1.09 bits per heavy atom. The molecule has 0 aliphatic carbocycles. The Labute approximate surface area is 200 Å². The molecule has 1 heterocycles. The summed E-state index contributed by atoms with van der Waals surface area (Å²) in [5, 5.41) is 11.2. The van der Waals surface area contributed by atoms with Crippen molar-refractivity contribution in [3.63, 3.8) is 0 Å². The zero-order chi connectivity index (χ0) is 24.9. The van der Waals surface area contributed by atoms with Crippen molar-refractivity contribution in [1.82, 2.24) is 0 Å². The van der Waals surface area contributed by atoms with Gasteiger partial charge in [0.1, 0.15) is 12.4 Å². The van der Waals surface area contributed by atoms with Gasteiger partial charge in [-0.25, -0.2) is 14.2 Å². The maximum Gasteiger partial charge on any atom is 0.363 e. The smallest absolute Gasteiger partial charge is 0.363 e.